The number of hydrogen-bond acceptors (Lipinski definition) is 2. The Bertz CT molecular complexity index is 822. The molecular formula is C19H20FN3O2. The molecule has 0 fully saturated rings. The Hall–Kier alpha value is -2.89. The molecule has 0 aliphatic heterocycles. The lowest BCUT2D eigenvalue weighted by molar-refractivity contribution is 0.0996. The number of urea groups is 1. The van der Waals surface area contributed by atoms with Crippen molar-refractivity contribution < 1.29 is 14.0 Å². The molecule has 1 aliphatic rings. The van der Waals surface area contributed by atoms with E-state index in [1.807, 2.05) is 12.1 Å². The van der Waals surface area contributed by atoms with E-state index in [1.165, 1.54) is 23.3 Å². The number of hydrogen-bond donors (Lipinski definition) is 2. The minimum Gasteiger partial charge on any atom is -0.366 e. The smallest absolute Gasteiger partial charge is 0.321 e. The molecule has 0 saturated carbocycles. The summed E-state index contributed by atoms with van der Waals surface area (Å²) in [6.07, 6.45) is 2.62. The highest BCUT2D eigenvalue weighted by atomic mass is 19.1. The number of anilines is 1. The molecule has 5 nitrogen and oxygen atoms in total. The number of nitrogens with one attached hydrogen (secondary N) is 1. The van der Waals surface area contributed by atoms with Gasteiger partial charge in [-0.25, -0.2) is 9.18 Å². The van der Waals surface area contributed by atoms with E-state index >= 15 is 0 Å². The number of likely N-dealkylation sites (N-methyl/N-ethyl adjacent to an activating group) is 1. The molecule has 0 bridgehead atoms. The molecule has 6 heteroatoms. The van der Waals surface area contributed by atoms with Crippen LogP contribution in [0.1, 0.15) is 27.9 Å². The molecule has 0 heterocycles. The van der Waals surface area contributed by atoms with Crippen LogP contribution in [-0.2, 0) is 12.8 Å². The molecule has 3 amide bonds. The third-order valence-electron chi connectivity index (χ3n) is 4.67. The molecule has 130 valence electrons. The van der Waals surface area contributed by atoms with Crippen molar-refractivity contribution in [3.8, 4) is 0 Å². The van der Waals surface area contributed by atoms with E-state index in [0.717, 1.165) is 25.3 Å². The lowest BCUT2D eigenvalue weighted by Crippen LogP contribution is -2.42. The SMILES string of the molecule is CN(C(=O)Nc1ccc(C(N)=O)c(F)c1)C1CCc2ccccc2C1. The van der Waals surface area contributed by atoms with Crippen molar-refractivity contribution in [1.82, 2.24) is 4.90 Å². The van der Waals surface area contributed by atoms with Gasteiger partial charge in [-0.15, -0.1) is 0 Å². The Labute approximate surface area is 145 Å². The first kappa shape index (κ1) is 17.0. The van der Waals surface area contributed by atoms with Crippen LogP contribution < -0.4 is 11.1 Å². The zero-order chi connectivity index (χ0) is 18.0. The summed E-state index contributed by atoms with van der Waals surface area (Å²) in [6, 6.07) is 11.8. The molecule has 0 spiro atoms. The summed E-state index contributed by atoms with van der Waals surface area (Å²) in [7, 11) is 1.74. The zero-order valence-electron chi connectivity index (χ0n) is 14.0. The maximum atomic E-state index is 13.8. The van der Waals surface area contributed by atoms with E-state index in [1.54, 1.807) is 11.9 Å². The Morgan fingerprint density at radius 1 is 1.20 bits per heavy atom. The predicted molar refractivity (Wildman–Crippen MR) is 94.0 cm³/mol. The van der Waals surface area contributed by atoms with Crippen LogP contribution in [0.25, 0.3) is 0 Å². The van der Waals surface area contributed by atoms with Gasteiger partial charge in [0.2, 0.25) is 0 Å². The molecule has 1 aliphatic carbocycles. The fourth-order valence-corrected chi connectivity index (χ4v) is 3.18. The molecule has 1 atom stereocenters. The van der Waals surface area contributed by atoms with Crippen LogP contribution in [-0.4, -0.2) is 29.9 Å². The largest absolute Gasteiger partial charge is 0.366 e. The second-order valence-corrected chi connectivity index (χ2v) is 6.27. The van der Waals surface area contributed by atoms with E-state index in [0.29, 0.717) is 0 Å². The van der Waals surface area contributed by atoms with E-state index in [-0.39, 0.29) is 23.3 Å². The first-order valence-electron chi connectivity index (χ1n) is 8.15. The van der Waals surface area contributed by atoms with Gasteiger partial charge in [-0.2, -0.15) is 0 Å². The standard InChI is InChI=1S/C19H20FN3O2/c1-23(15-8-6-12-4-2-3-5-13(12)10-15)19(25)22-14-7-9-16(18(21)24)17(20)11-14/h2-5,7,9,11,15H,6,8,10H2,1H3,(H2,21,24)(H,22,25). The number of aryl methyl sites for hydroxylation is 1. The quantitative estimate of drug-likeness (QED) is 0.900. The van der Waals surface area contributed by atoms with Crippen LogP contribution in [0.3, 0.4) is 0 Å². The molecule has 2 aromatic carbocycles. The maximum Gasteiger partial charge on any atom is 0.321 e. The number of halogens is 1. The molecule has 1 unspecified atom stereocenters. The van der Waals surface area contributed by atoms with Gasteiger partial charge in [0.15, 0.2) is 0 Å². The molecule has 0 saturated heterocycles. The van der Waals surface area contributed by atoms with E-state index < -0.39 is 11.7 Å². The van der Waals surface area contributed by atoms with Crippen LogP contribution in [0.15, 0.2) is 42.5 Å². The van der Waals surface area contributed by atoms with Crippen LogP contribution in [0.4, 0.5) is 14.9 Å². The highest BCUT2D eigenvalue weighted by Gasteiger charge is 2.25. The van der Waals surface area contributed by atoms with E-state index in [4.69, 9.17) is 5.73 Å². The number of nitrogens with two attached hydrogens (primary N) is 1. The Morgan fingerprint density at radius 2 is 1.92 bits per heavy atom. The molecule has 0 radical (unpaired) electrons. The molecule has 25 heavy (non-hydrogen) atoms. The van der Waals surface area contributed by atoms with Gasteiger partial charge in [0.25, 0.3) is 5.91 Å². The van der Waals surface area contributed by atoms with Gasteiger partial charge in [-0.3, -0.25) is 4.79 Å². The second kappa shape index (κ2) is 6.93. The minimum atomic E-state index is -0.839. The number of amides is 3. The number of fused-ring (bicyclic) bond motifs is 1. The summed E-state index contributed by atoms with van der Waals surface area (Å²) < 4.78 is 13.8. The number of nitrogens with zero attached hydrogens (tertiary/aromatic N) is 1. The van der Waals surface area contributed by atoms with Gasteiger partial charge in [-0.05, 0) is 48.6 Å². The summed E-state index contributed by atoms with van der Waals surface area (Å²) in [4.78, 5) is 25.2. The van der Waals surface area contributed by atoms with Crippen molar-refractivity contribution in [2.45, 2.75) is 25.3 Å². The molecular weight excluding hydrogens is 321 g/mol. The van der Waals surface area contributed by atoms with Crippen molar-refractivity contribution in [3.63, 3.8) is 0 Å². The number of rotatable bonds is 3. The number of carbonyl (C=O) groups excluding carboxylic acids is 2. The highest BCUT2D eigenvalue weighted by Crippen LogP contribution is 2.24. The normalized spacial score (nSPS) is 16.0. The lowest BCUT2D eigenvalue weighted by atomic mass is 9.88. The van der Waals surface area contributed by atoms with Crippen LogP contribution in [0, 0.1) is 5.82 Å². The first-order valence-corrected chi connectivity index (χ1v) is 8.15. The van der Waals surface area contributed by atoms with Gasteiger partial charge in [0.05, 0.1) is 5.56 Å². The Balaban J connectivity index is 1.67. The fraction of sp³-hybridized carbons (Fsp3) is 0.263. The molecule has 0 aromatic heterocycles. The third kappa shape index (κ3) is 3.63. The summed E-state index contributed by atoms with van der Waals surface area (Å²) in [5.41, 5.74) is 7.75. The zero-order valence-corrected chi connectivity index (χ0v) is 14.0. The van der Waals surface area contributed by atoms with Crippen molar-refractivity contribution in [1.29, 1.82) is 0 Å². The van der Waals surface area contributed by atoms with Crippen LogP contribution in [0.2, 0.25) is 0 Å². The topological polar surface area (TPSA) is 75.4 Å². The van der Waals surface area contributed by atoms with Crippen LogP contribution >= 0.6 is 0 Å². The summed E-state index contributed by atoms with van der Waals surface area (Å²) in [5, 5.41) is 2.66. The van der Waals surface area contributed by atoms with Crippen molar-refractivity contribution >= 4 is 17.6 Å². The molecule has 3 rings (SSSR count). The van der Waals surface area contributed by atoms with Gasteiger partial charge < -0.3 is 16.0 Å². The Kier molecular flexibility index (Phi) is 4.70. The lowest BCUT2D eigenvalue weighted by Gasteiger charge is -2.32. The average molecular weight is 341 g/mol. The van der Waals surface area contributed by atoms with Crippen LogP contribution in [0.5, 0.6) is 0 Å². The Morgan fingerprint density at radius 3 is 2.60 bits per heavy atom. The fourth-order valence-electron chi connectivity index (χ4n) is 3.18. The van der Waals surface area contributed by atoms with Crippen molar-refractivity contribution in [2.24, 2.45) is 5.73 Å². The second-order valence-electron chi connectivity index (χ2n) is 6.27. The molecule has 2 aromatic rings. The van der Waals surface area contributed by atoms with Gasteiger partial charge in [0, 0.05) is 18.8 Å². The van der Waals surface area contributed by atoms with Gasteiger partial charge in [-0.1, -0.05) is 24.3 Å². The minimum absolute atomic E-state index is 0.0876. The van der Waals surface area contributed by atoms with Crippen molar-refractivity contribution in [2.75, 3.05) is 12.4 Å². The monoisotopic (exact) mass is 341 g/mol. The number of carbonyl (C=O) groups is 2. The number of primary amides is 1. The van der Waals surface area contributed by atoms with Gasteiger partial charge >= 0.3 is 6.03 Å². The van der Waals surface area contributed by atoms with Crippen molar-refractivity contribution in [3.05, 3.63) is 65.0 Å². The number of benzene rings is 2. The summed E-state index contributed by atoms with van der Waals surface area (Å²) in [5.74, 6) is -1.59. The van der Waals surface area contributed by atoms with E-state index in [9.17, 15) is 14.0 Å². The predicted octanol–water partition coefficient (Wildman–Crippen LogP) is 2.95. The average Bonchev–Trinajstić information content (AvgIpc) is 2.60. The van der Waals surface area contributed by atoms with Gasteiger partial charge in [0.1, 0.15) is 5.82 Å². The molecule has 3 N–H and O–H groups in total. The van der Waals surface area contributed by atoms with E-state index in [2.05, 4.69) is 17.4 Å². The summed E-state index contributed by atoms with van der Waals surface area (Å²) in [6.45, 7) is 0. The summed E-state index contributed by atoms with van der Waals surface area (Å²) >= 11 is 0. The maximum absolute atomic E-state index is 13.8. The third-order valence-corrected chi connectivity index (χ3v) is 4.67. The first-order chi connectivity index (χ1) is 12.0. The highest BCUT2D eigenvalue weighted by molar-refractivity contribution is 5.94.